The Morgan fingerprint density at radius 3 is 2.25 bits per heavy atom. The molecule has 144 valence electrons. The summed E-state index contributed by atoms with van der Waals surface area (Å²) in [5.41, 5.74) is 2.71. The van der Waals surface area contributed by atoms with E-state index in [-0.39, 0.29) is 23.8 Å². The zero-order valence-corrected chi connectivity index (χ0v) is 16.3. The van der Waals surface area contributed by atoms with Gasteiger partial charge >= 0.3 is 0 Å². The van der Waals surface area contributed by atoms with Crippen molar-refractivity contribution in [2.24, 2.45) is 0 Å². The van der Waals surface area contributed by atoms with Gasteiger partial charge in [0, 0.05) is 18.7 Å². The summed E-state index contributed by atoms with van der Waals surface area (Å²) in [6, 6.07) is 12.3. The van der Waals surface area contributed by atoms with Crippen LogP contribution in [0, 0.1) is 6.92 Å². The number of anilines is 1. The van der Waals surface area contributed by atoms with Crippen LogP contribution in [0.15, 0.2) is 42.5 Å². The third-order valence-corrected chi connectivity index (χ3v) is 5.87. The Labute approximate surface area is 164 Å². The van der Waals surface area contributed by atoms with Crippen molar-refractivity contribution in [1.29, 1.82) is 0 Å². The van der Waals surface area contributed by atoms with E-state index in [1.54, 1.807) is 35.2 Å². The Morgan fingerprint density at radius 1 is 0.929 bits per heavy atom. The molecule has 1 fully saturated rings. The third kappa shape index (κ3) is 3.11. The summed E-state index contributed by atoms with van der Waals surface area (Å²) < 4.78 is 0. The molecular weight excluding hydrogens is 352 g/mol. The Balaban J connectivity index is 1.61. The number of hydrogen-bond acceptors (Lipinski definition) is 3. The van der Waals surface area contributed by atoms with E-state index in [0.29, 0.717) is 22.4 Å². The average molecular weight is 376 g/mol. The highest BCUT2D eigenvalue weighted by atomic mass is 16.2. The number of carbonyl (C=O) groups is 3. The predicted molar refractivity (Wildman–Crippen MR) is 108 cm³/mol. The molecule has 1 aliphatic heterocycles. The molecule has 0 atom stereocenters. The molecule has 4 rings (SSSR count). The number of benzene rings is 2. The molecule has 2 aliphatic rings. The standard InChI is InChI=1S/C23H24N2O3/c1-15-8-11-18(12-9-15)25-22(27)19-13-10-16(14-20(19)23(25)28)21(26)24(2)17-6-4-3-5-7-17/h8-14,17H,3-7H2,1-2H3. The lowest BCUT2D eigenvalue weighted by atomic mass is 9.94. The lowest BCUT2D eigenvalue weighted by Crippen LogP contribution is -2.38. The number of nitrogens with zero attached hydrogens (tertiary/aromatic N) is 2. The van der Waals surface area contributed by atoms with Crippen molar-refractivity contribution in [3.8, 4) is 0 Å². The fraction of sp³-hybridized carbons (Fsp3) is 0.348. The average Bonchev–Trinajstić information content (AvgIpc) is 2.98. The maximum Gasteiger partial charge on any atom is 0.266 e. The van der Waals surface area contributed by atoms with Crippen LogP contribution in [0.2, 0.25) is 0 Å². The molecule has 0 saturated heterocycles. The van der Waals surface area contributed by atoms with E-state index >= 15 is 0 Å². The van der Waals surface area contributed by atoms with Crippen LogP contribution in [0.4, 0.5) is 5.69 Å². The topological polar surface area (TPSA) is 57.7 Å². The predicted octanol–water partition coefficient (Wildman–Crippen LogP) is 4.20. The third-order valence-electron chi connectivity index (χ3n) is 5.87. The maximum absolute atomic E-state index is 12.9. The second-order valence-electron chi connectivity index (χ2n) is 7.75. The molecule has 5 nitrogen and oxygen atoms in total. The van der Waals surface area contributed by atoms with Crippen LogP contribution in [-0.4, -0.2) is 35.7 Å². The zero-order chi connectivity index (χ0) is 19.8. The molecule has 0 N–H and O–H groups in total. The lowest BCUT2D eigenvalue weighted by Gasteiger charge is -2.31. The maximum atomic E-state index is 12.9. The van der Waals surface area contributed by atoms with Crippen molar-refractivity contribution in [3.63, 3.8) is 0 Å². The van der Waals surface area contributed by atoms with Crippen LogP contribution in [0.25, 0.3) is 0 Å². The van der Waals surface area contributed by atoms with Crippen LogP contribution >= 0.6 is 0 Å². The first-order chi connectivity index (χ1) is 13.5. The van der Waals surface area contributed by atoms with Gasteiger partial charge in [0.15, 0.2) is 0 Å². The van der Waals surface area contributed by atoms with Crippen LogP contribution < -0.4 is 4.90 Å². The van der Waals surface area contributed by atoms with E-state index in [2.05, 4.69) is 0 Å². The van der Waals surface area contributed by atoms with Crippen molar-refractivity contribution < 1.29 is 14.4 Å². The summed E-state index contributed by atoms with van der Waals surface area (Å²) in [5.74, 6) is -0.814. The molecule has 0 radical (unpaired) electrons. The highest BCUT2D eigenvalue weighted by molar-refractivity contribution is 6.34. The van der Waals surface area contributed by atoms with Gasteiger partial charge in [0.25, 0.3) is 17.7 Å². The Morgan fingerprint density at radius 2 is 1.57 bits per heavy atom. The number of imide groups is 1. The molecule has 3 amide bonds. The summed E-state index contributed by atoms with van der Waals surface area (Å²) in [6.07, 6.45) is 5.55. The molecule has 0 bridgehead atoms. The van der Waals surface area contributed by atoms with E-state index in [4.69, 9.17) is 0 Å². The van der Waals surface area contributed by atoms with Crippen LogP contribution in [-0.2, 0) is 0 Å². The largest absolute Gasteiger partial charge is 0.339 e. The number of hydrogen-bond donors (Lipinski definition) is 0. The smallest absolute Gasteiger partial charge is 0.266 e. The Kier molecular flexibility index (Phi) is 4.75. The summed E-state index contributed by atoms with van der Waals surface area (Å²) in [5, 5.41) is 0. The van der Waals surface area contributed by atoms with Gasteiger partial charge in [0.2, 0.25) is 0 Å². The molecular formula is C23H24N2O3. The summed E-state index contributed by atoms with van der Waals surface area (Å²) in [4.78, 5) is 41.6. The molecule has 0 spiro atoms. The van der Waals surface area contributed by atoms with Crippen molar-refractivity contribution in [3.05, 3.63) is 64.7 Å². The molecule has 2 aromatic carbocycles. The minimum absolute atomic E-state index is 0.0938. The molecule has 2 aromatic rings. The van der Waals surface area contributed by atoms with Crippen molar-refractivity contribution >= 4 is 23.4 Å². The summed E-state index contributed by atoms with van der Waals surface area (Å²) >= 11 is 0. The Hall–Kier alpha value is -2.95. The summed E-state index contributed by atoms with van der Waals surface area (Å²) in [7, 11) is 1.83. The van der Waals surface area contributed by atoms with Crippen LogP contribution in [0.3, 0.4) is 0 Å². The first-order valence-electron chi connectivity index (χ1n) is 9.84. The van der Waals surface area contributed by atoms with E-state index in [1.165, 1.54) is 11.3 Å². The number of carbonyl (C=O) groups excluding carboxylic acids is 3. The van der Waals surface area contributed by atoms with Gasteiger partial charge in [-0.2, -0.15) is 0 Å². The van der Waals surface area contributed by atoms with Gasteiger partial charge in [-0.1, -0.05) is 37.0 Å². The number of rotatable bonds is 3. The second kappa shape index (κ2) is 7.23. The number of amides is 3. The van der Waals surface area contributed by atoms with Crippen molar-refractivity contribution in [1.82, 2.24) is 4.90 Å². The number of fused-ring (bicyclic) bond motifs is 1. The second-order valence-corrected chi connectivity index (χ2v) is 7.75. The van der Waals surface area contributed by atoms with Gasteiger partial charge in [0.1, 0.15) is 0 Å². The van der Waals surface area contributed by atoms with E-state index < -0.39 is 0 Å². The summed E-state index contributed by atoms with van der Waals surface area (Å²) in [6.45, 7) is 1.95. The SMILES string of the molecule is Cc1ccc(N2C(=O)c3ccc(C(=O)N(C)C4CCCCC4)cc3C2=O)cc1. The van der Waals surface area contributed by atoms with E-state index in [9.17, 15) is 14.4 Å². The van der Waals surface area contributed by atoms with Gasteiger partial charge in [-0.05, 0) is 50.1 Å². The van der Waals surface area contributed by atoms with Gasteiger partial charge in [-0.25, -0.2) is 4.90 Å². The highest BCUT2D eigenvalue weighted by Crippen LogP contribution is 2.30. The van der Waals surface area contributed by atoms with Crippen molar-refractivity contribution in [2.75, 3.05) is 11.9 Å². The van der Waals surface area contributed by atoms with Crippen LogP contribution in [0.1, 0.15) is 68.7 Å². The Bertz CT molecular complexity index is 943. The molecule has 1 aliphatic carbocycles. The highest BCUT2D eigenvalue weighted by Gasteiger charge is 2.37. The van der Waals surface area contributed by atoms with Crippen molar-refractivity contribution in [2.45, 2.75) is 45.1 Å². The normalized spacial score (nSPS) is 17.0. The van der Waals surface area contributed by atoms with Gasteiger partial charge in [-0.3, -0.25) is 14.4 Å². The van der Waals surface area contributed by atoms with Crippen LogP contribution in [0.5, 0.6) is 0 Å². The molecule has 1 saturated carbocycles. The molecule has 0 aromatic heterocycles. The van der Waals surface area contributed by atoms with Gasteiger partial charge in [-0.15, -0.1) is 0 Å². The quantitative estimate of drug-likeness (QED) is 0.755. The van der Waals surface area contributed by atoms with E-state index in [0.717, 1.165) is 31.2 Å². The first kappa shape index (κ1) is 18.4. The zero-order valence-electron chi connectivity index (χ0n) is 16.3. The van der Waals surface area contributed by atoms with Gasteiger partial charge in [0.05, 0.1) is 16.8 Å². The lowest BCUT2D eigenvalue weighted by molar-refractivity contribution is 0.0696. The fourth-order valence-corrected chi connectivity index (χ4v) is 4.14. The minimum atomic E-state index is -0.376. The fourth-order valence-electron chi connectivity index (χ4n) is 4.14. The van der Waals surface area contributed by atoms with Gasteiger partial charge < -0.3 is 4.90 Å². The molecule has 28 heavy (non-hydrogen) atoms. The molecule has 5 heteroatoms. The molecule has 1 heterocycles. The van der Waals surface area contributed by atoms with E-state index in [1.807, 2.05) is 26.1 Å². The minimum Gasteiger partial charge on any atom is -0.339 e. The monoisotopic (exact) mass is 376 g/mol. The first-order valence-corrected chi connectivity index (χ1v) is 9.84. The number of aryl methyl sites for hydroxylation is 1. The molecule has 0 unspecified atom stereocenters.